The molecule has 1 aliphatic heterocycles. The van der Waals surface area contributed by atoms with Gasteiger partial charge in [-0.15, -0.1) is 0 Å². The summed E-state index contributed by atoms with van der Waals surface area (Å²) in [4.78, 5) is 34.3. The lowest BCUT2D eigenvalue weighted by molar-refractivity contribution is 0.0595. The van der Waals surface area contributed by atoms with E-state index in [4.69, 9.17) is 21.3 Å². The third-order valence-corrected chi connectivity index (χ3v) is 6.06. The Morgan fingerprint density at radius 1 is 1.29 bits per heavy atom. The smallest absolute Gasteiger partial charge is 0.358 e. The Kier molecular flexibility index (Phi) is 5.32. The van der Waals surface area contributed by atoms with Gasteiger partial charge in [-0.25, -0.2) is 19.2 Å². The molecule has 4 heterocycles. The van der Waals surface area contributed by atoms with E-state index in [1.165, 1.54) is 25.3 Å². The SMILES string of the molecule is COC(=O)c1nc(Cl)ccc1N[C@H](C)c1cc(F)cc2c(=O)n3c(nc12)-c1cn(C)nc1CC3. The average Bonchev–Trinajstić information content (AvgIpc) is 3.20. The first-order chi connectivity index (χ1) is 16.3. The summed E-state index contributed by atoms with van der Waals surface area (Å²) < 4.78 is 22.7. The summed E-state index contributed by atoms with van der Waals surface area (Å²) in [5, 5.41) is 7.92. The first-order valence-corrected chi connectivity index (χ1v) is 10.9. The van der Waals surface area contributed by atoms with Gasteiger partial charge in [0.2, 0.25) is 0 Å². The molecular formula is C23H20ClFN6O3. The lowest BCUT2D eigenvalue weighted by Gasteiger charge is -2.21. The van der Waals surface area contributed by atoms with Crippen LogP contribution in [0.3, 0.4) is 0 Å². The van der Waals surface area contributed by atoms with Gasteiger partial charge in [0.1, 0.15) is 16.8 Å². The number of aromatic nitrogens is 5. The van der Waals surface area contributed by atoms with Crippen LogP contribution in [0, 0.1) is 5.82 Å². The largest absolute Gasteiger partial charge is 0.464 e. The number of nitrogens with one attached hydrogen (secondary N) is 1. The van der Waals surface area contributed by atoms with Crippen molar-refractivity contribution in [2.45, 2.75) is 25.9 Å². The Hall–Kier alpha value is -3.79. The van der Waals surface area contributed by atoms with Crippen LogP contribution >= 0.6 is 11.6 Å². The number of rotatable bonds is 4. The first-order valence-electron chi connectivity index (χ1n) is 10.5. The lowest BCUT2D eigenvalue weighted by atomic mass is 10.0. The molecule has 174 valence electrons. The molecular weight excluding hydrogens is 463 g/mol. The maximum atomic E-state index is 14.6. The van der Waals surface area contributed by atoms with Crippen LogP contribution in [-0.4, -0.2) is 37.4 Å². The molecule has 34 heavy (non-hydrogen) atoms. The molecule has 0 radical (unpaired) electrons. The highest BCUT2D eigenvalue weighted by Crippen LogP contribution is 2.31. The number of carbonyl (C=O) groups excluding carboxylic acids is 1. The predicted molar refractivity (Wildman–Crippen MR) is 124 cm³/mol. The van der Waals surface area contributed by atoms with Crippen molar-refractivity contribution in [3.8, 4) is 11.4 Å². The fourth-order valence-electron chi connectivity index (χ4n) is 4.30. The molecule has 0 bridgehead atoms. The minimum Gasteiger partial charge on any atom is -0.464 e. The van der Waals surface area contributed by atoms with Gasteiger partial charge in [-0.05, 0) is 31.2 Å². The van der Waals surface area contributed by atoms with E-state index >= 15 is 0 Å². The summed E-state index contributed by atoms with van der Waals surface area (Å²) in [7, 11) is 3.05. The van der Waals surface area contributed by atoms with Gasteiger partial charge in [-0.3, -0.25) is 14.0 Å². The minimum absolute atomic E-state index is 0.00651. The van der Waals surface area contributed by atoms with Crippen molar-refractivity contribution in [2.75, 3.05) is 12.4 Å². The number of ether oxygens (including phenoxy) is 1. The number of esters is 1. The number of hydrogen-bond acceptors (Lipinski definition) is 7. The zero-order valence-corrected chi connectivity index (χ0v) is 19.4. The molecule has 0 saturated heterocycles. The van der Waals surface area contributed by atoms with E-state index in [-0.39, 0.29) is 21.8 Å². The molecule has 1 N–H and O–H groups in total. The fraction of sp³-hybridized carbons (Fsp3) is 0.261. The van der Waals surface area contributed by atoms with Crippen LogP contribution in [0.15, 0.2) is 35.3 Å². The van der Waals surface area contributed by atoms with Crippen LogP contribution in [-0.2, 0) is 24.8 Å². The number of aryl methyl sites for hydroxylation is 2. The molecule has 1 aliphatic rings. The maximum Gasteiger partial charge on any atom is 0.358 e. The van der Waals surface area contributed by atoms with E-state index < -0.39 is 17.8 Å². The van der Waals surface area contributed by atoms with Gasteiger partial charge in [0, 0.05) is 31.8 Å². The van der Waals surface area contributed by atoms with E-state index in [1.54, 1.807) is 22.2 Å². The second kappa shape index (κ2) is 8.21. The fourth-order valence-corrected chi connectivity index (χ4v) is 4.45. The molecule has 4 aromatic rings. The van der Waals surface area contributed by atoms with Crippen molar-refractivity contribution in [1.82, 2.24) is 24.3 Å². The molecule has 0 fully saturated rings. The standard InChI is InChI=1S/C23H20ClFN6O3/c1-11(26-17-4-5-18(24)27-20(17)23(33)34-3)13-8-12(25)9-14-19(13)28-21-15-10-30(2)29-16(15)6-7-31(21)22(14)32/h4-5,8-11,26H,6-7H2,1-3H3/t11-/m1/s1. The zero-order chi connectivity index (χ0) is 24.1. The second-order valence-electron chi connectivity index (χ2n) is 8.08. The molecule has 0 aliphatic carbocycles. The Balaban J connectivity index is 1.66. The molecule has 0 unspecified atom stereocenters. The highest BCUT2D eigenvalue weighted by Gasteiger charge is 2.25. The Bertz CT molecular complexity index is 1530. The topological polar surface area (TPSA) is 104 Å². The van der Waals surface area contributed by atoms with Gasteiger partial charge in [0.15, 0.2) is 5.69 Å². The van der Waals surface area contributed by atoms with Gasteiger partial charge in [-0.1, -0.05) is 11.6 Å². The van der Waals surface area contributed by atoms with Crippen LogP contribution in [0.5, 0.6) is 0 Å². The molecule has 5 rings (SSSR count). The van der Waals surface area contributed by atoms with Gasteiger partial charge in [-0.2, -0.15) is 5.10 Å². The van der Waals surface area contributed by atoms with Crippen molar-refractivity contribution in [3.63, 3.8) is 0 Å². The number of nitrogens with zero attached hydrogens (tertiary/aromatic N) is 5. The minimum atomic E-state index is -0.671. The third-order valence-electron chi connectivity index (χ3n) is 5.85. The normalized spacial score (nSPS) is 13.3. The maximum absolute atomic E-state index is 14.6. The van der Waals surface area contributed by atoms with Crippen LogP contribution < -0.4 is 10.9 Å². The first kappa shape index (κ1) is 22.0. The Labute approximate surface area is 198 Å². The van der Waals surface area contributed by atoms with Crippen molar-refractivity contribution < 1.29 is 13.9 Å². The summed E-state index contributed by atoms with van der Waals surface area (Å²) in [6, 6.07) is 5.11. The number of pyridine rings is 1. The number of anilines is 1. The highest BCUT2D eigenvalue weighted by molar-refractivity contribution is 6.29. The van der Waals surface area contributed by atoms with E-state index in [1.807, 2.05) is 13.2 Å². The van der Waals surface area contributed by atoms with Gasteiger partial charge in [0.25, 0.3) is 5.56 Å². The van der Waals surface area contributed by atoms with Crippen LogP contribution in [0.25, 0.3) is 22.3 Å². The molecule has 11 heteroatoms. The van der Waals surface area contributed by atoms with E-state index in [0.717, 1.165) is 11.3 Å². The number of methoxy groups -OCH3 is 1. The van der Waals surface area contributed by atoms with Crippen molar-refractivity contribution in [1.29, 1.82) is 0 Å². The van der Waals surface area contributed by atoms with E-state index in [2.05, 4.69) is 15.4 Å². The Morgan fingerprint density at radius 2 is 2.09 bits per heavy atom. The third kappa shape index (κ3) is 3.60. The number of halogens is 2. The van der Waals surface area contributed by atoms with Crippen molar-refractivity contribution in [3.05, 3.63) is 68.7 Å². The van der Waals surface area contributed by atoms with Crippen LogP contribution in [0.4, 0.5) is 10.1 Å². The van der Waals surface area contributed by atoms with Crippen molar-refractivity contribution >= 4 is 34.2 Å². The van der Waals surface area contributed by atoms with Crippen LogP contribution in [0.2, 0.25) is 5.15 Å². The van der Waals surface area contributed by atoms with E-state index in [0.29, 0.717) is 35.6 Å². The van der Waals surface area contributed by atoms with E-state index in [9.17, 15) is 14.0 Å². The Morgan fingerprint density at radius 3 is 2.85 bits per heavy atom. The summed E-state index contributed by atoms with van der Waals surface area (Å²) in [6.07, 6.45) is 2.42. The van der Waals surface area contributed by atoms with Gasteiger partial charge >= 0.3 is 5.97 Å². The summed E-state index contributed by atoms with van der Waals surface area (Å²) in [6.45, 7) is 2.19. The highest BCUT2D eigenvalue weighted by atomic mass is 35.5. The number of benzene rings is 1. The van der Waals surface area contributed by atoms with Crippen LogP contribution in [0.1, 0.15) is 34.7 Å². The molecule has 1 aromatic carbocycles. The number of fused-ring (bicyclic) bond motifs is 4. The molecule has 0 amide bonds. The van der Waals surface area contributed by atoms with Crippen molar-refractivity contribution in [2.24, 2.45) is 7.05 Å². The molecule has 9 nitrogen and oxygen atoms in total. The summed E-state index contributed by atoms with van der Waals surface area (Å²) in [5.41, 5.74) is 2.49. The quantitative estimate of drug-likeness (QED) is 0.350. The number of hydrogen-bond donors (Lipinski definition) is 1. The predicted octanol–water partition coefficient (Wildman–Crippen LogP) is 3.50. The zero-order valence-electron chi connectivity index (χ0n) is 18.6. The summed E-state index contributed by atoms with van der Waals surface area (Å²) in [5.74, 6) is -0.734. The number of carbonyl (C=O) groups is 1. The molecule has 3 aromatic heterocycles. The lowest BCUT2D eigenvalue weighted by Crippen LogP contribution is -2.28. The van der Waals surface area contributed by atoms with Gasteiger partial charge in [0.05, 0.1) is 41.0 Å². The molecule has 0 saturated carbocycles. The average molecular weight is 483 g/mol. The molecule has 1 atom stereocenters. The second-order valence-corrected chi connectivity index (χ2v) is 8.47. The summed E-state index contributed by atoms with van der Waals surface area (Å²) >= 11 is 5.95. The van der Waals surface area contributed by atoms with Gasteiger partial charge < -0.3 is 10.1 Å². The molecule has 0 spiro atoms. The monoisotopic (exact) mass is 482 g/mol.